The Labute approximate surface area is 102 Å². The van der Waals surface area contributed by atoms with E-state index < -0.39 is 17.3 Å². The number of aliphatic hydroxyl groups excluding tert-OH is 2. The Morgan fingerprint density at radius 2 is 2.17 bits per heavy atom. The standard InChI is InChI=1S/C12H13NO5/c14-6-5-13-4-3-8(15)11(16)10(13)12(17)9-2-1-7-18-9/h1-4,7,12,14,16-17H,5-6H2. The van der Waals surface area contributed by atoms with Gasteiger partial charge in [0.1, 0.15) is 11.5 Å². The maximum atomic E-state index is 11.4. The number of hydrogen-bond acceptors (Lipinski definition) is 5. The van der Waals surface area contributed by atoms with Crippen LogP contribution in [-0.4, -0.2) is 26.5 Å². The zero-order valence-corrected chi connectivity index (χ0v) is 9.48. The largest absolute Gasteiger partial charge is 0.503 e. The van der Waals surface area contributed by atoms with E-state index in [2.05, 4.69) is 0 Å². The quantitative estimate of drug-likeness (QED) is 0.722. The number of nitrogens with zero attached hydrogens (tertiary/aromatic N) is 1. The van der Waals surface area contributed by atoms with Crippen LogP contribution in [0.2, 0.25) is 0 Å². The van der Waals surface area contributed by atoms with Crippen molar-refractivity contribution in [2.75, 3.05) is 6.61 Å². The van der Waals surface area contributed by atoms with Gasteiger partial charge < -0.3 is 24.3 Å². The Morgan fingerprint density at radius 1 is 1.39 bits per heavy atom. The van der Waals surface area contributed by atoms with Gasteiger partial charge >= 0.3 is 0 Å². The average Bonchev–Trinajstić information content (AvgIpc) is 2.87. The number of rotatable bonds is 4. The minimum Gasteiger partial charge on any atom is -0.503 e. The van der Waals surface area contributed by atoms with Crippen LogP contribution in [0.25, 0.3) is 0 Å². The molecule has 3 N–H and O–H groups in total. The molecule has 0 saturated heterocycles. The van der Waals surface area contributed by atoms with Crippen molar-refractivity contribution < 1.29 is 19.7 Å². The molecule has 0 amide bonds. The second kappa shape index (κ2) is 5.07. The zero-order chi connectivity index (χ0) is 13.1. The number of hydrogen-bond donors (Lipinski definition) is 3. The third-order valence-electron chi connectivity index (χ3n) is 2.60. The number of pyridine rings is 1. The Hall–Kier alpha value is -2.05. The first-order valence-corrected chi connectivity index (χ1v) is 5.39. The van der Waals surface area contributed by atoms with E-state index in [9.17, 15) is 15.0 Å². The van der Waals surface area contributed by atoms with Gasteiger partial charge in [0.15, 0.2) is 11.9 Å². The predicted molar refractivity (Wildman–Crippen MR) is 62.2 cm³/mol. The van der Waals surface area contributed by atoms with Crippen LogP contribution in [0, 0.1) is 0 Å². The van der Waals surface area contributed by atoms with Crippen molar-refractivity contribution in [3.05, 3.63) is 52.3 Å². The molecule has 0 aliphatic carbocycles. The van der Waals surface area contributed by atoms with Gasteiger partial charge in [0.2, 0.25) is 5.43 Å². The summed E-state index contributed by atoms with van der Waals surface area (Å²) in [6.07, 6.45) is 1.52. The fourth-order valence-electron chi connectivity index (χ4n) is 1.75. The summed E-state index contributed by atoms with van der Waals surface area (Å²) in [4.78, 5) is 11.4. The molecule has 0 aliphatic rings. The summed E-state index contributed by atoms with van der Waals surface area (Å²) in [5.74, 6) is -0.336. The fourth-order valence-corrected chi connectivity index (χ4v) is 1.75. The summed E-state index contributed by atoms with van der Waals surface area (Å²) >= 11 is 0. The highest BCUT2D eigenvalue weighted by Crippen LogP contribution is 2.27. The van der Waals surface area contributed by atoms with E-state index in [1.807, 2.05) is 0 Å². The van der Waals surface area contributed by atoms with E-state index in [1.54, 1.807) is 6.07 Å². The molecule has 18 heavy (non-hydrogen) atoms. The van der Waals surface area contributed by atoms with Gasteiger partial charge in [-0.1, -0.05) is 0 Å². The molecule has 2 heterocycles. The van der Waals surface area contributed by atoms with Crippen LogP contribution < -0.4 is 5.43 Å². The monoisotopic (exact) mass is 251 g/mol. The first-order valence-electron chi connectivity index (χ1n) is 5.39. The smallest absolute Gasteiger partial charge is 0.223 e. The van der Waals surface area contributed by atoms with E-state index in [1.165, 1.54) is 29.2 Å². The van der Waals surface area contributed by atoms with Crippen molar-refractivity contribution in [3.63, 3.8) is 0 Å². The topological polar surface area (TPSA) is 95.8 Å². The summed E-state index contributed by atoms with van der Waals surface area (Å²) in [6, 6.07) is 4.29. The molecule has 0 bridgehead atoms. The molecule has 0 saturated carbocycles. The van der Waals surface area contributed by atoms with Crippen molar-refractivity contribution in [1.29, 1.82) is 0 Å². The summed E-state index contributed by atoms with van der Waals surface area (Å²) in [7, 11) is 0. The van der Waals surface area contributed by atoms with Crippen LogP contribution in [0.1, 0.15) is 17.6 Å². The van der Waals surface area contributed by atoms with Crippen LogP contribution in [0.4, 0.5) is 0 Å². The molecular formula is C12H13NO5. The van der Waals surface area contributed by atoms with E-state index in [0.29, 0.717) is 0 Å². The van der Waals surface area contributed by atoms with Crippen molar-refractivity contribution >= 4 is 0 Å². The molecule has 0 fully saturated rings. The minimum atomic E-state index is -1.26. The molecule has 1 atom stereocenters. The van der Waals surface area contributed by atoms with Gasteiger partial charge in [0.05, 0.1) is 12.9 Å². The molecule has 2 aromatic heterocycles. The Bertz CT molecular complexity index is 573. The third-order valence-corrected chi connectivity index (χ3v) is 2.60. The highest BCUT2D eigenvalue weighted by molar-refractivity contribution is 5.32. The van der Waals surface area contributed by atoms with Gasteiger partial charge in [-0.15, -0.1) is 0 Å². The van der Waals surface area contributed by atoms with Crippen molar-refractivity contribution in [3.8, 4) is 5.75 Å². The van der Waals surface area contributed by atoms with Crippen molar-refractivity contribution in [2.45, 2.75) is 12.6 Å². The Morgan fingerprint density at radius 3 is 2.78 bits per heavy atom. The summed E-state index contributed by atoms with van der Waals surface area (Å²) in [5.41, 5.74) is -0.587. The minimum absolute atomic E-state index is 0.00602. The highest BCUT2D eigenvalue weighted by Gasteiger charge is 2.22. The lowest BCUT2D eigenvalue weighted by molar-refractivity contribution is 0.170. The lowest BCUT2D eigenvalue weighted by Gasteiger charge is -2.17. The molecule has 6 heteroatoms. The molecular weight excluding hydrogens is 238 g/mol. The number of furan rings is 1. The third kappa shape index (κ3) is 2.15. The van der Waals surface area contributed by atoms with Gasteiger partial charge in [-0.2, -0.15) is 0 Å². The number of aromatic hydroxyl groups is 1. The van der Waals surface area contributed by atoms with Gasteiger partial charge in [-0.3, -0.25) is 4.79 Å². The maximum absolute atomic E-state index is 11.4. The Balaban J connectivity index is 2.53. The second-order valence-corrected chi connectivity index (χ2v) is 3.75. The summed E-state index contributed by atoms with van der Waals surface area (Å²) in [6.45, 7) is -0.0267. The first-order chi connectivity index (χ1) is 8.65. The first kappa shape index (κ1) is 12.4. The van der Waals surface area contributed by atoms with E-state index in [4.69, 9.17) is 9.52 Å². The maximum Gasteiger partial charge on any atom is 0.223 e. The van der Waals surface area contributed by atoms with Crippen LogP contribution in [0.15, 0.2) is 39.9 Å². The van der Waals surface area contributed by atoms with Gasteiger partial charge in [-0.05, 0) is 12.1 Å². The van der Waals surface area contributed by atoms with Crippen LogP contribution >= 0.6 is 0 Å². The normalized spacial score (nSPS) is 12.6. The highest BCUT2D eigenvalue weighted by atomic mass is 16.4. The zero-order valence-electron chi connectivity index (χ0n) is 9.48. The lowest BCUT2D eigenvalue weighted by atomic mass is 10.1. The van der Waals surface area contributed by atoms with E-state index >= 15 is 0 Å². The van der Waals surface area contributed by atoms with Crippen molar-refractivity contribution in [2.24, 2.45) is 0 Å². The van der Waals surface area contributed by atoms with Gasteiger partial charge in [0.25, 0.3) is 0 Å². The van der Waals surface area contributed by atoms with E-state index in [0.717, 1.165) is 0 Å². The summed E-state index contributed by atoms with van der Waals surface area (Å²) in [5, 5.41) is 28.8. The molecule has 2 aromatic rings. The van der Waals surface area contributed by atoms with Gasteiger partial charge in [0, 0.05) is 18.8 Å². The second-order valence-electron chi connectivity index (χ2n) is 3.75. The van der Waals surface area contributed by atoms with Crippen molar-refractivity contribution in [1.82, 2.24) is 4.57 Å². The molecule has 0 spiro atoms. The number of aliphatic hydroxyl groups is 2. The number of aromatic nitrogens is 1. The van der Waals surface area contributed by atoms with Gasteiger partial charge in [-0.25, -0.2) is 0 Å². The SMILES string of the molecule is O=c1ccn(CCO)c(C(O)c2ccco2)c1O. The molecule has 0 aliphatic heterocycles. The molecule has 1 unspecified atom stereocenters. The van der Waals surface area contributed by atoms with Crippen LogP contribution in [0.3, 0.4) is 0 Å². The molecule has 96 valence electrons. The molecule has 0 aromatic carbocycles. The predicted octanol–water partition coefficient (Wildman–Crippen LogP) is 0.221. The summed E-state index contributed by atoms with van der Waals surface area (Å²) < 4.78 is 6.45. The fraction of sp³-hybridized carbons (Fsp3) is 0.250. The van der Waals surface area contributed by atoms with Crippen LogP contribution in [0.5, 0.6) is 5.75 Å². The Kier molecular flexibility index (Phi) is 3.50. The van der Waals surface area contributed by atoms with E-state index in [-0.39, 0.29) is 24.6 Å². The molecule has 6 nitrogen and oxygen atoms in total. The molecule has 2 rings (SSSR count). The average molecular weight is 251 g/mol. The lowest BCUT2D eigenvalue weighted by Crippen LogP contribution is -2.17. The molecule has 0 radical (unpaired) electrons. The van der Waals surface area contributed by atoms with Crippen LogP contribution in [-0.2, 0) is 6.54 Å².